The van der Waals surface area contributed by atoms with Gasteiger partial charge in [-0.1, -0.05) is 218 Å². The van der Waals surface area contributed by atoms with Gasteiger partial charge in [0.15, 0.2) is 6.10 Å². The van der Waals surface area contributed by atoms with Crippen LogP contribution in [0.3, 0.4) is 0 Å². The molecule has 0 aliphatic rings. The van der Waals surface area contributed by atoms with Crippen LogP contribution in [0.1, 0.15) is 256 Å². The van der Waals surface area contributed by atoms with Crippen molar-refractivity contribution < 1.29 is 28.6 Å². The van der Waals surface area contributed by atoms with E-state index in [1.165, 1.54) is 116 Å². The van der Waals surface area contributed by atoms with Gasteiger partial charge in [0.25, 0.3) is 0 Å². The second kappa shape index (κ2) is 37.9. The highest BCUT2D eigenvalue weighted by Gasteiger charge is 2.20. The summed E-state index contributed by atoms with van der Waals surface area (Å²) in [5.41, 5.74) is 0. The van der Waals surface area contributed by atoms with E-state index in [9.17, 15) is 14.4 Å². The smallest absolute Gasteiger partial charge is 0.306 e. The van der Waals surface area contributed by atoms with Gasteiger partial charge < -0.3 is 14.2 Å². The number of hydrogen-bond donors (Lipinski definition) is 0. The molecular formula is C54H104O6. The molecule has 0 aromatic heterocycles. The van der Waals surface area contributed by atoms with E-state index in [0.29, 0.717) is 37.0 Å². The molecule has 0 aliphatic heterocycles. The third-order valence-corrected chi connectivity index (χ3v) is 13.0. The number of carbonyl (C=O) groups excluding carboxylic acids is 3. The second-order valence-corrected chi connectivity index (χ2v) is 21.6. The molecule has 0 radical (unpaired) electrons. The molecule has 0 aromatic carbocycles. The van der Waals surface area contributed by atoms with Crippen LogP contribution in [-0.2, 0) is 28.6 Å². The van der Waals surface area contributed by atoms with Gasteiger partial charge in [-0.2, -0.15) is 0 Å². The zero-order chi connectivity index (χ0) is 45.1. The van der Waals surface area contributed by atoms with E-state index in [1.54, 1.807) is 0 Å². The molecule has 6 unspecified atom stereocenters. The molecular weight excluding hydrogens is 745 g/mol. The molecule has 6 heteroatoms. The minimum absolute atomic E-state index is 0.0826. The maximum absolute atomic E-state index is 13.0. The van der Waals surface area contributed by atoms with Crippen LogP contribution in [0.5, 0.6) is 0 Å². The summed E-state index contributed by atoms with van der Waals surface area (Å²) in [5, 5.41) is 0. The Morgan fingerprint density at radius 3 is 0.767 bits per heavy atom. The van der Waals surface area contributed by atoms with Gasteiger partial charge in [0.05, 0.1) is 0 Å². The number of ether oxygens (including phenoxy) is 3. The Kier molecular flexibility index (Phi) is 36.9. The summed E-state index contributed by atoms with van der Waals surface area (Å²) >= 11 is 0. The predicted octanol–water partition coefficient (Wildman–Crippen LogP) is 16.3. The minimum Gasteiger partial charge on any atom is -0.462 e. The largest absolute Gasteiger partial charge is 0.462 e. The zero-order valence-electron chi connectivity index (χ0n) is 42.2. The Hall–Kier alpha value is -1.59. The fraction of sp³-hybridized carbons (Fsp3) is 0.944. The molecule has 0 amide bonds. The Morgan fingerprint density at radius 2 is 0.517 bits per heavy atom. The van der Waals surface area contributed by atoms with Crippen LogP contribution in [-0.4, -0.2) is 37.2 Å². The van der Waals surface area contributed by atoms with Crippen molar-refractivity contribution in [2.45, 2.75) is 263 Å². The first-order valence-electron chi connectivity index (χ1n) is 26.0. The first-order valence-corrected chi connectivity index (χ1v) is 26.0. The van der Waals surface area contributed by atoms with Gasteiger partial charge in [-0.05, 0) is 72.5 Å². The number of rotatable bonds is 41. The van der Waals surface area contributed by atoms with E-state index in [1.807, 2.05) is 0 Å². The standard InChI is InChI=1S/C54H104O6/c1-42(2)22-13-25-45(7)28-16-31-48(10)34-19-37-52(55)58-40-51(60-54(57)39-21-36-50(12)33-18-30-47(9)27-15-24-44(5)6)41-59-53(56)38-20-35-49(11)32-17-29-46(8)26-14-23-43(3)4/h42-51H,13-41H2,1-12H3. The number of esters is 3. The highest BCUT2D eigenvalue weighted by Crippen LogP contribution is 2.24. The van der Waals surface area contributed by atoms with Crippen LogP contribution in [0.25, 0.3) is 0 Å². The summed E-state index contributed by atoms with van der Waals surface area (Å²) in [6, 6.07) is 0. The van der Waals surface area contributed by atoms with Crippen molar-refractivity contribution in [1.82, 2.24) is 0 Å². The van der Waals surface area contributed by atoms with Crippen LogP contribution in [0.15, 0.2) is 0 Å². The molecule has 356 valence electrons. The Balaban J connectivity index is 4.77. The average Bonchev–Trinajstić information content (AvgIpc) is 3.15. The molecule has 6 atom stereocenters. The van der Waals surface area contributed by atoms with E-state index in [2.05, 4.69) is 83.1 Å². The predicted molar refractivity (Wildman–Crippen MR) is 256 cm³/mol. The second-order valence-electron chi connectivity index (χ2n) is 21.6. The fourth-order valence-electron chi connectivity index (χ4n) is 8.60. The molecule has 0 spiro atoms. The van der Waals surface area contributed by atoms with Crippen LogP contribution in [0.2, 0.25) is 0 Å². The van der Waals surface area contributed by atoms with Gasteiger partial charge >= 0.3 is 17.9 Å². The highest BCUT2D eigenvalue weighted by molar-refractivity contribution is 5.71. The molecule has 6 nitrogen and oxygen atoms in total. The summed E-state index contributed by atoms with van der Waals surface area (Å²) in [4.78, 5) is 38.5. The number of carbonyl (C=O) groups is 3. The molecule has 0 N–H and O–H groups in total. The molecule has 0 fully saturated rings. The van der Waals surface area contributed by atoms with Gasteiger partial charge in [0.1, 0.15) is 13.2 Å². The molecule has 0 bridgehead atoms. The summed E-state index contributed by atoms with van der Waals surface area (Å²) in [7, 11) is 0. The van der Waals surface area contributed by atoms with E-state index < -0.39 is 6.10 Å². The first kappa shape index (κ1) is 58.4. The van der Waals surface area contributed by atoms with Crippen LogP contribution >= 0.6 is 0 Å². The summed E-state index contributed by atoms with van der Waals surface area (Å²) in [6.07, 6.45) is 28.6. The minimum atomic E-state index is -0.789. The normalized spacial score (nSPS) is 15.4. The van der Waals surface area contributed by atoms with Crippen molar-refractivity contribution in [3.63, 3.8) is 0 Å². The van der Waals surface area contributed by atoms with Crippen LogP contribution < -0.4 is 0 Å². The fourth-order valence-corrected chi connectivity index (χ4v) is 8.60. The van der Waals surface area contributed by atoms with Crippen molar-refractivity contribution in [1.29, 1.82) is 0 Å². The average molecular weight is 849 g/mol. The number of hydrogen-bond acceptors (Lipinski definition) is 6. The summed E-state index contributed by atoms with van der Waals surface area (Å²) in [6.45, 7) is 27.6. The Bertz CT molecular complexity index is 968. The Labute approximate surface area is 374 Å². The lowest BCUT2D eigenvalue weighted by Crippen LogP contribution is -2.31. The molecule has 0 aromatic rings. The Morgan fingerprint density at radius 1 is 0.300 bits per heavy atom. The molecule has 0 saturated heterocycles. The lowest BCUT2D eigenvalue weighted by molar-refractivity contribution is -0.167. The van der Waals surface area contributed by atoms with Crippen LogP contribution in [0, 0.1) is 53.3 Å². The molecule has 0 saturated carbocycles. The van der Waals surface area contributed by atoms with Crippen molar-refractivity contribution in [3.8, 4) is 0 Å². The molecule has 0 rings (SSSR count). The third-order valence-electron chi connectivity index (χ3n) is 13.0. The molecule has 0 heterocycles. The van der Waals surface area contributed by atoms with Crippen molar-refractivity contribution >= 4 is 17.9 Å². The molecule has 0 aliphatic carbocycles. The first-order chi connectivity index (χ1) is 28.5. The van der Waals surface area contributed by atoms with Gasteiger partial charge in [-0.15, -0.1) is 0 Å². The SMILES string of the molecule is CC(C)CCCC(C)CCCC(C)CCCC(=O)OCC(COC(=O)CCCC(C)CCCC(C)CCCC(C)C)OC(=O)CCCC(C)CCCC(C)CCCC(C)C. The van der Waals surface area contributed by atoms with Gasteiger partial charge in [0, 0.05) is 19.3 Å². The molecule has 60 heavy (non-hydrogen) atoms. The topological polar surface area (TPSA) is 78.9 Å². The van der Waals surface area contributed by atoms with Gasteiger partial charge in [-0.3, -0.25) is 14.4 Å². The maximum atomic E-state index is 13.0. The van der Waals surface area contributed by atoms with Crippen molar-refractivity contribution in [2.24, 2.45) is 53.3 Å². The van der Waals surface area contributed by atoms with Crippen molar-refractivity contribution in [3.05, 3.63) is 0 Å². The lowest BCUT2D eigenvalue weighted by atomic mass is 9.92. The van der Waals surface area contributed by atoms with Crippen molar-refractivity contribution in [2.75, 3.05) is 13.2 Å². The van der Waals surface area contributed by atoms with E-state index >= 15 is 0 Å². The van der Waals surface area contributed by atoms with Crippen LogP contribution in [0.4, 0.5) is 0 Å². The zero-order valence-corrected chi connectivity index (χ0v) is 42.2. The monoisotopic (exact) mass is 849 g/mol. The quantitative estimate of drug-likeness (QED) is 0.0450. The van der Waals surface area contributed by atoms with Gasteiger partial charge in [-0.25, -0.2) is 0 Å². The summed E-state index contributed by atoms with van der Waals surface area (Å²) in [5.74, 6) is 5.55. The maximum Gasteiger partial charge on any atom is 0.306 e. The van der Waals surface area contributed by atoms with Gasteiger partial charge in [0.2, 0.25) is 0 Å². The highest BCUT2D eigenvalue weighted by atomic mass is 16.6. The van der Waals surface area contributed by atoms with E-state index in [0.717, 1.165) is 74.0 Å². The summed E-state index contributed by atoms with van der Waals surface area (Å²) < 4.78 is 17.0. The lowest BCUT2D eigenvalue weighted by Gasteiger charge is -2.19. The van der Waals surface area contributed by atoms with E-state index in [4.69, 9.17) is 14.2 Å². The third kappa shape index (κ3) is 39.3. The van der Waals surface area contributed by atoms with E-state index in [-0.39, 0.29) is 31.1 Å².